The van der Waals surface area contributed by atoms with Gasteiger partial charge in [-0.25, -0.2) is 4.39 Å². The molecule has 0 fully saturated rings. The van der Waals surface area contributed by atoms with Gasteiger partial charge in [-0.15, -0.1) is 0 Å². The number of halogens is 2. The number of benzene rings is 1. The van der Waals surface area contributed by atoms with Gasteiger partial charge in [0.05, 0.1) is 0 Å². The molecule has 0 N–H and O–H groups in total. The lowest BCUT2D eigenvalue weighted by molar-refractivity contribution is 0.591. The predicted octanol–water partition coefficient (Wildman–Crippen LogP) is 4.34. The molecule has 0 spiro atoms. The van der Waals surface area contributed by atoms with E-state index < -0.39 is 0 Å². The van der Waals surface area contributed by atoms with Crippen molar-refractivity contribution in [2.24, 2.45) is 5.92 Å². The molecular weight excluding hydrogens is 243 g/mol. The van der Waals surface area contributed by atoms with E-state index in [9.17, 15) is 4.39 Å². The van der Waals surface area contributed by atoms with Crippen LogP contribution in [0.4, 0.5) is 4.39 Å². The first kappa shape index (κ1) is 11.4. The van der Waals surface area contributed by atoms with Gasteiger partial charge in [0.1, 0.15) is 5.82 Å². The highest BCUT2D eigenvalue weighted by Crippen LogP contribution is 2.18. The first-order valence-electron chi connectivity index (χ1n) is 4.70. The van der Waals surface area contributed by atoms with Crippen LogP contribution in [0.1, 0.15) is 19.4 Å². The Balaban J connectivity index is 2.80. The summed E-state index contributed by atoms with van der Waals surface area (Å²) in [6, 6.07) is 5.07. The zero-order valence-electron chi connectivity index (χ0n) is 8.43. The highest BCUT2D eigenvalue weighted by atomic mass is 79.9. The maximum atomic E-state index is 13.3. The SMILES string of the molecule is C/C=C\C(C)Cc1cc(Br)ccc1F. The van der Waals surface area contributed by atoms with E-state index in [2.05, 4.69) is 28.9 Å². The van der Waals surface area contributed by atoms with Crippen LogP contribution in [-0.2, 0) is 6.42 Å². The number of allylic oxidation sites excluding steroid dienone is 2. The van der Waals surface area contributed by atoms with E-state index in [1.54, 1.807) is 6.07 Å². The van der Waals surface area contributed by atoms with Crippen molar-refractivity contribution >= 4 is 15.9 Å². The van der Waals surface area contributed by atoms with Crippen molar-refractivity contribution in [2.75, 3.05) is 0 Å². The van der Waals surface area contributed by atoms with E-state index in [-0.39, 0.29) is 5.82 Å². The molecule has 0 aliphatic heterocycles. The van der Waals surface area contributed by atoms with Crippen molar-refractivity contribution in [1.29, 1.82) is 0 Å². The molecule has 1 rings (SSSR count). The van der Waals surface area contributed by atoms with Gasteiger partial charge in [-0.1, -0.05) is 35.0 Å². The average Bonchev–Trinajstić information content (AvgIpc) is 2.12. The molecule has 0 aliphatic rings. The van der Waals surface area contributed by atoms with Crippen LogP contribution in [0, 0.1) is 11.7 Å². The highest BCUT2D eigenvalue weighted by molar-refractivity contribution is 9.10. The average molecular weight is 257 g/mol. The van der Waals surface area contributed by atoms with Gasteiger partial charge in [-0.3, -0.25) is 0 Å². The van der Waals surface area contributed by atoms with Gasteiger partial charge >= 0.3 is 0 Å². The van der Waals surface area contributed by atoms with E-state index in [1.165, 1.54) is 6.07 Å². The zero-order chi connectivity index (χ0) is 10.6. The fourth-order valence-electron chi connectivity index (χ4n) is 1.44. The van der Waals surface area contributed by atoms with Crippen LogP contribution in [-0.4, -0.2) is 0 Å². The summed E-state index contributed by atoms with van der Waals surface area (Å²) in [7, 11) is 0. The number of rotatable bonds is 3. The third-order valence-corrected chi connectivity index (χ3v) is 2.56. The Hall–Kier alpha value is -0.630. The summed E-state index contributed by atoms with van der Waals surface area (Å²) in [6.45, 7) is 4.06. The predicted molar refractivity (Wildman–Crippen MR) is 61.8 cm³/mol. The van der Waals surface area contributed by atoms with Crippen LogP contribution in [0.25, 0.3) is 0 Å². The van der Waals surface area contributed by atoms with Crippen molar-refractivity contribution in [3.63, 3.8) is 0 Å². The highest BCUT2D eigenvalue weighted by Gasteiger charge is 2.05. The Morgan fingerprint density at radius 3 is 2.86 bits per heavy atom. The van der Waals surface area contributed by atoms with Crippen LogP contribution >= 0.6 is 15.9 Å². The lowest BCUT2D eigenvalue weighted by atomic mass is 10.0. The fraction of sp³-hybridized carbons (Fsp3) is 0.333. The molecule has 76 valence electrons. The van der Waals surface area contributed by atoms with Crippen LogP contribution in [0.15, 0.2) is 34.8 Å². The van der Waals surface area contributed by atoms with Crippen molar-refractivity contribution in [2.45, 2.75) is 20.3 Å². The molecule has 1 atom stereocenters. The molecule has 0 aromatic heterocycles. The smallest absolute Gasteiger partial charge is 0.126 e. The summed E-state index contributed by atoms with van der Waals surface area (Å²) < 4.78 is 14.3. The second-order valence-electron chi connectivity index (χ2n) is 3.44. The first-order valence-corrected chi connectivity index (χ1v) is 5.49. The van der Waals surface area contributed by atoms with Gasteiger partial charge in [0.25, 0.3) is 0 Å². The molecule has 0 amide bonds. The van der Waals surface area contributed by atoms with Gasteiger partial charge in [-0.05, 0) is 43.0 Å². The van der Waals surface area contributed by atoms with Crippen molar-refractivity contribution < 1.29 is 4.39 Å². The van der Waals surface area contributed by atoms with Crippen molar-refractivity contribution in [1.82, 2.24) is 0 Å². The van der Waals surface area contributed by atoms with Gasteiger partial charge in [0.2, 0.25) is 0 Å². The second kappa shape index (κ2) is 5.30. The van der Waals surface area contributed by atoms with E-state index in [4.69, 9.17) is 0 Å². The van der Waals surface area contributed by atoms with Crippen LogP contribution < -0.4 is 0 Å². The van der Waals surface area contributed by atoms with Crippen LogP contribution in [0.5, 0.6) is 0 Å². The normalized spacial score (nSPS) is 13.4. The van der Waals surface area contributed by atoms with Crippen LogP contribution in [0.2, 0.25) is 0 Å². The summed E-state index contributed by atoms with van der Waals surface area (Å²) in [5, 5.41) is 0. The lowest BCUT2D eigenvalue weighted by Gasteiger charge is -2.07. The largest absolute Gasteiger partial charge is 0.207 e. The monoisotopic (exact) mass is 256 g/mol. The zero-order valence-corrected chi connectivity index (χ0v) is 10.0. The minimum atomic E-state index is -0.121. The van der Waals surface area contributed by atoms with Gasteiger partial charge in [0.15, 0.2) is 0 Å². The molecule has 0 bridgehead atoms. The Morgan fingerprint density at radius 2 is 2.21 bits per heavy atom. The molecule has 1 aromatic rings. The summed E-state index contributed by atoms with van der Waals surface area (Å²) in [4.78, 5) is 0. The van der Waals surface area contributed by atoms with E-state index in [0.29, 0.717) is 5.92 Å². The molecule has 1 unspecified atom stereocenters. The Bertz CT molecular complexity index is 331. The summed E-state index contributed by atoms with van der Waals surface area (Å²) in [5.74, 6) is 0.258. The van der Waals surface area contributed by atoms with E-state index in [0.717, 1.165) is 16.5 Å². The van der Waals surface area contributed by atoms with E-state index in [1.807, 2.05) is 19.1 Å². The van der Waals surface area contributed by atoms with Gasteiger partial charge < -0.3 is 0 Å². The Morgan fingerprint density at radius 1 is 1.50 bits per heavy atom. The maximum absolute atomic E-state index is 13.3. The third kappa shape index (κ3) is 3.26. The first-order chi connectivity index (χ1) is 6.63. The summed E-state index contributed by atoms with van der Waals surface area (Å²) >= 11 is 3.34. The topological polar surface area (TPSA) is 0 Å². The standard InChI is InChI=1S/C12H14BrF/c1-3-4-9(2)7-10-8-11(13)5-6-12(10)14/h3-6,8-9H,7H2,1-2H3/b4-3-. The van der Waals surface area contributed by atoms with Crippen molar-refractivity contribution in [3.8, 4) is 0 Å². The Kier molecular flexibility index (Phi) is 4.33. The van der Waals surface area contributed by atoms with Crippen LogP contribution in [0.3, 0.4) is 0 Å². The quantitative estimate of drug-likeness (QED) is 0.706. The molecular formula is C12H14BrF. The van der Waals surface area contributed by atoms with Gasteiger partial charge in [0, 0.05) is 4.47 Å². The number of hydrogen-bond acceptors (Lipinski definition) is 0. The minimum absolute atomic E-state index is 0.121. The molecule has 1 aromatic carbocycles. The molecule has 0 saturated heterocycles. The minimum Gasteiger partial charge on any atom is -0.207 e. The molecule has 14 heavy (non-hydrogen) atoms. The van der Waals surface area contributed by atoms with Gasteiger partial charge in [-0.2, -0.15) is 0 Å². The molecule has 0 aliphatic carbocycles. The third-order valence-electron chi connectivity index (χ3n) is 2.07. The Labute approximate surface area is 93.0 Å². The molecule has 2 heteroatoms. The molecule has 0 nitrogen and oxygen atoms in total. The second-order valence-corrected chi connectivity index (χ2v) is 4.36. The summed E-state index contributed by atoms with van der Waals surface area (Å²) in [5.41, 5.74) is 0.768. The summed E-state index contributed by atoms with van der Waals surface area (Å²) in [6.07, 6.45) is 4.83. The van der Waals surface area contributed by atoms with E-state index >= 15 is 0 Å². The molecule has 0 heterocycles. The lowest BCUT2D eigenvalue weighted by Crippen LogP contribution is -1.98. The maximum Gasteiger partial charge on any atom is 0.126 e. The van der Waals surface area contributed by atoms with Crippen molar-refractivity contribution in [3.05, 3.63) is 46.2 Å². The molecule has 0 radical (unpaired) electrons. The number of hydrogen-bond donors (Lipinski definition) is 0. The molecule has 0 saturated carbocycles. The fourth-order valence-corrected chi connectivity index (χ4v) is 1.85.